The zero-order valence-electron chi connectivity index (χ0n) is 11.4. The average molecular weight is 280 g/mol. The number of carbonyl (C=O) groups is 1. The molecule has 3 nitrogen and oxygen atoms in total. The lowest BCUT2D eigenvalue weighted by Crippen LogP contribution is -2.14. The molecule has 0 heterocycles. The Hall–Kier alpha value is -2.93. The summed E-state index contributed by atoms with van der Waals surface area (Å²) in [5, 5.41) is 11.7. The maximum atomic E-state index is 13.6. The van der Waals surface area contributed by atoms with Crippen LogP contribution in [0.15, 0.2) is 54.1 Å². The van der Waals surface area contributed by atoms with Crippen LogP contribution in [0, 0.1) is 24.1 Å². The number of rotatable bonds is 3. The highest BCUT2D eigenvalue weighted by Crippen LogP contribution is 2.16. The summed E-state index contributed by atoms with van der Waals surface area (Å²) in [6, 6.07) is 15.0. The monoisotopic (exact) mass is 280 g/mol. The summed E-state index contributed by atoms with van der Waals surface area (Å²) in [6.45, 7) is 1.85. The molecular formula is C17H13FN2O. The van der Waals surface area contributed by atoms with Gasteiger partial charge in [-0.05, 0) is 30.7 Å². The van der Waals surface area contributed by atoms with Crippen molar-refractivity contribution in [2.45, 2.75) is 6.92 Å². The van der Waals surface area contributed by atoms with Gasteiger partial charge in [-0.1, -0.05) is 36.4 Å². The van der Waals surface area contributed by atoms with Gasteiger partial charge < -0.3 is 5.32 Å². The third-order valence-electron chi connectivity index (χ3n) is 2.96. The summed E-state index contributed by atoms with van der Waals surface area (Å²) in [6.07, 6.45) is 1.24. The van der Waals surface area contributed by atoms with Crippen molar-refractivity contribution in [1.29, 1.82) is 5.26 Å². The van der Waals surface area contributed by atoms with Crippen LogP contribution >= 0.6 is 0 Å². The molecule has 104 valence electrons. The van der Waals surface area contributed by atoms with E-state index in [0.29, 0.717) is 5.69 Å². The van der Waals surface area contributed by atoms with Crippen molar-refractivity contribution in [3.8, 4) is 6.07 Å². The largest absolute Gasteiger partial charge is 0.321 e. The minimum Gasteiger partial charge on any atom is -0.321 e. The Morgan fingerprint density at radius 1 is 1.19 bits per heavy atom. The van der Waals surface area contributed by atoms with E-state index in [2.05, 4.69) is 5.32 Å². The molecule has 0 saturated carbocycles. The molecule has 0 bridgehead atoms. The topological polar surface area (TPSA) is 52.9 Å². The first kappa shape index (κ1) is 14.5. The first-order valence-corrected chi connectivity index (χ1v) is 6.35. The highest BCUT2D eigenvalue weighted by atomic mass is 19.1. The van der Waals surface area contributed by atoms with E-state index in [1.807, 2.05) is 19.1 Å². The third-order valence-corrected chi connectivity index (χ3v) is 2.96. The molecule has 0 aliphatic heterocycles. The van der Waals surface area contributed by atoms with Crippen molar-refractivity contribution in [2.75, 3.05) is 5.32 Å². The first-order chi connectivity index (χ1) is 10.1. The smallest absolute Gasteiger partial charge is 0.266 e. The average Bonchev–Trinajstić information content (AvgIpc) is 2.48. The van der Waals surface area contributed by atoms with Crippen molar-refractivity contribution in [2.24, 2.45) is 0 Å². The molecule has 21 heavy (non-hydrogen) atoms. The normalized spacial score (nSPS) is 10.8. The molecule has 2 aromatic rings. The molecule has 0 unspecified atom stereocenters. The molecule has 1 N–H and O–H groups in total. The second-order valence-corrected chi connectivity index (χ2v) is 4.46. The predicted octanol–water partition coefficient (Wildman–Crippen LogP) is 3.68. The van der Waals surface area contributed by atoms with Crippen LogP contribution in [0.2, 0.25) is 0 Å². The highest BCUT2D eigenvalue weighted by molar-refractivity contribution is 6.09. The van der Waals surface area contributed by atoms with Gasteiger partial charge >= 0.3 is 0 Å². The van der Waals surface area contributed by atoms with Crippen LogP contribution in [0.4, 0.5) is 10.1 Å². The molecule has 4 heteroatoms. The molecule has 0 aliphatic rings. The SMILES string of the molecule is Cc1ccccc1NC(=O)C(C#N)=Cc1ccccc1F. The van der Waals surface area contributed by atoms with Crippen molar-refractivity contribution in [3.63, 3.8) is 0 Å². The zero-order chi connectivity index (χ0) is 15.2. The Labute approximate surface area is 122 Å². The van der Waals surface area contributed by atoms with Gasteiger partial charge in [-0.25, -0.2) is 4.39 Å². The van der Waals surface area contributed by atoms with Crippen LogP contribution in [-0.4, -0.2) is 5.91 Å². The maximum Gasteiger partial charge on any atom is 0.266 e. The molecule has 0 saturated heterocycles. The summed E-state index contributed by atoms with van der Waals surface area (Å²) in [7, 11) is 0. The molecule has 2 rings (SSSR count). The summed E-state index contributed by atoms with van der Waals surface area (Å²) in [5.74, 6) is -1.04. The number of hydrogen-bond acceptors (Lipinski definition) is 2. The van der Waals surface area contributed by atoms with Gasteiger partial charge in [-0.3, -0.25) is 4.79 Å². The Bertz CT molecular complexity index is 744. The van der Waals surface area contributed by atoms with Gasteiger partial charge in [0.2, 0.25) is 0 Å². The lowest BCUT2D eigenvalue weighted by Gasteiger charge is -2.07. The van der Waals surface area contributed by atoms with Crippen molar-refractivity contribution >= 4 is 17.7 Å². The van der Waals surface area contributed by atoms with Crippen LogP contribution in [0.3, 0.4) is 0 Å². The predicted molar refractivity (Wildman–Crippen MR) is 79.8 cm³/mol. The fraction of sp³-hybridized carbons (Fsp3) is 0.0588. The number of halogens is 1. The molecular weight excluding hydrogens is 267 g/mol. The standard InChI is InChI=1S/C17H13FN2O/c1-12-6-2-5-9-16(12)20-17(21)14(11-19)10-13-7-3-4-8-15(13)18/h2-10H,1H3,(H,20,21). The number of carbonyl (C=O) groups excluding carboxylic acids is 1. The Morgan fingerprint density at radius 3 is 2.52 bits per heavy atom. The van der Waals surface area contributed by atoms with E-state index in [1.54, 1.807) is 30.3 Å². The van der Waals surface area contributed by atoms with E-state index in [-0.39, 0.29) is 11.1 Å². The number of nitriles is 1. The lowest BCUT2D eigenvalue weighted by molar-refractivity contribution is -0.112. The van der Waals surface area contributed by atoms with Crippen LogP contribution in [0.5, 0.6) is 0 Å². The lowest BCUT2D eigenvalue weighted by atomic mass is 10.1. The van der Waals surface area contributed by atoms with E-state index in [1.165, 1.54) is 18.2 Å². The maximum absolute atomic E-state index is 13.6. The minimum atomic E-state index is -0.560. The molecule has 1 amide bonds. The van der Waals surface area contributed by atoms with Crippen molar-refractivity contribution in [3.05, 3.63) is 71.0 Å². The van der Waals surface area contributed by atoms with Crippen LogP contribution < -0.4 is 5.32 Å². The van der Waals surface area contributed by atoms with Gasteiger partial charge in [-0.15, -0.1) is 0 Å². The van der Waals surface area contributed by atoms with Gasteiger partial charge in [-0.2, -0.15) is 5.26 Å². The Morgan fingerprint density at radius 2 is 1.86 bits per heavy atom. The van der Waals surface area contributed by atoms with Crippen LogP contribution in [-0.2, 0) is 4.79 Å². The fourth-order valence-corrected chi connectivity index (χ4v) is 1.80. The summed E-state index contributed by atoms with van der Waals surface area (Å²) in [4.78, 5) is 12.1. The molecule has 0 atom stereocenters. The van der Waals surface area contributed by atoms with Gasteiger partial charge in [0.1, 0.15) is 17.5 Å². The number of aryl methyl sites for hydroxylation is 1. The van der Waals surface area contributed by atoms with Gasteiger partial charge in [0.05, 0.1) is 0 Å². The summed E-state index contributed by atoms with van der Waals surface area (Å²) in [5.41, 5.74) is 1.56. The third kappa shape index (κ3) is 3.54. The highest BCUT2D eigenvalue weighted by Gasteiger charge is 2.11. The number of amides is 1. The van der Waals surface area contributed by atoms with E-state index in [4.69, 9.17) is 5.26 Å². The first-order valence-electron chi connectivity index (χ1n) is 6.35. The molecule has 0 aromatic heterocycles. The number of nitrogens with zero attached hydrogens (tertiary/aromatic N) is 1. The number of benzene rings is 2. The molecule has 2 aromatic carbocycles. The number of para-hydroxylation sites is 1. The molecule has 0 spiro atoms. The number of nitrogens with one attached hydrogen (secondary N) is 1. The fourth-order valence-electron chi connectivity index (χ4n) is 1.80. The molecule has 0 fully saturated rings. The second kappa shape index (κ2) is 6.49. The van der Waals surface area contributed by atoms with E-state index in [0.717, 1.165) is 5.56 Å². The molecule has 0 aliphatic carbocycles. The number of hydrogen-bond donors (Lipinski definition) is 1. The van der Waals surface area contributed by atoms with Gasteiger partial charge in [0.15, 0.2) is 0 Å². The van der Waals surface area contributed by atoms with Crippen LogP contribution in [0.1, 0.15) is 11.1 Å². The second-order valence-electron chi connectivity index (χ2n) is 4.46. The van der Waals surface area contributed by atoms with Crippen molar-refractivity contribution < 1.29 is 9.18 Å². The minimum absolute atomic E-state index is 0.150. The summed E-state index contributed by atoms with van der Waals surface area (Å²) >= 11 is 0. The zero-order valence-corrected chi connectivity index (χ0v) is 11.4. The van der Waals surface area contributed by atoms with E-state index < -0.39 is 11.7 Å². The van der Waals surface area contributed by atoms with E-state index >= 15 is 0 Å². The van der Waals surface area contributed by atoms with Gasteiger partial charge in [0.25, 0.3) is 5.91 Å². The Kier molecular flexibility index (Phi) is 4.47. The van der Waals surface area contributed by atoms with Crippen LogP contribution in [0.25, 0.3) is 6.08 Å². The van der Waals surface area contributed by atoms with Crippen molar-refractivity contribution in [1.82, 2.24) is 0 Å². The summed E-state index contributed by atoms with van der Waals surface area (Å²) < 4.78 is 13.6. The number of anilines is 1. The molecule has 0 radical (unpaired) electrons. The van der Waals surface area contributed by atoms with E-state index in [9.17, 15) is 9.18 Å². The Balaban J connectivity index is 2.26. The van der Waals surface area contributed by atoms with Gasteiger partial charge in [0, 0.05) is 11.3 Å². The quantitative estimate of drug-likeness (QED) is 0.688.